The molecule has 0 aromatic heterocycles. The molecule has 2 aliphatic rings. The third-order valence-corrected chi connectivity index (χ3v) is 4.05. The van der Waals surface area contributed by atoms with Crippen LogP contribution >= 0.6 is 0 Å². The van der Waals surface area contributed by atoms with E-state index in [1.165, 1.54) is 11.9 Å². The Hall–Kier alpha value is -1.43. The summed E-state index contributed by atoms with van der Waals surface area (Å²) in [6.07, 6.45) is 5.19. The van der Waals surface area contributed by atoms with E-state index in [2.05, 4.69) is 0 Å². The van der Waals surface area contributed by atoms with Crippen molar-refractivity contribution >= 4 is 17.8 Å². The van der Waals surface area contributed by atoms with Crippen molar-refractivity contribution in [2.45, 2.75) is 44.6 Å². The zero-order chi connectivity index (χ0) is 14.0. The molecule has 0 spiro atoms. The van der Waals surface area contributed by atoms with Crippen molar-refractivity contribution < 1.29 is 14.4 Å². The molecule has 1 aliphatic heterocycles. The van der Waals surface area contributed by atoms with Crippen LogP contribution in [0.2, 0.25) is 0 Å². The Balaban J connectivity index is 2.22. The maximum absolute atomic E-state index is 12.4. The summed E-state index contributed by atoms with van der Waals surface area (Å²) in [4.78, 5) is 38.9. The first-order valence-corrected chi connectivity index (χ1v) is 6.92. The Morgan fingerprint density at radius 2 is 1.74 bits per heavy atom. The van der Waals surface area contributed by atoms with Crippen molar-refractivity contribution in [1.82, 2.24) is 9.80 Å². The third kappa shape index (κ3) is 2.49. The van der Waals surface area contributed by atoms with Gasteiger partial charge in [-0.05, 0) is 25.8 Å². The van der Waals surface area contributed by atoms with Gasteiger partial charge >= 0.3 is 6.03 Å². The highest BCUT2D eigenvalue weighted by Crippen LogP contribution is 2.28. The molecule has 0 aromatic carbocycles. The molecule has 1 saturated carbocycles. The summed E-state index contributed by atoms with van der Waals surface area (Å²) in [5.41, 5.74) is 5.46. The smallest absolute Gasteiger partial charge is 0.330 e. The Bertz CT molecular complexity index is 391. The van der Waals surface area contributed by atoms with Gasteiger partial charge in [-0.15, -0.1) is 0 Å². The molecule has 1 heterocycles. The fourth-order valence-electron chi connectivity index (χ4n) is 2.95. The summed E-state index contributed by atoms with van der Waals surface area (Å²) >= 11 is 0. The molecule has 4 amide bonds. The monoisotopic (exact) mass is 267 g/mol. The number of urea groups is 1. The molecule has 0 radical (unpaired) electrons. The third-order valence-electron chi connectivity index (χ3n) is 4.05. The van der Waals surface area contributed by atoms with Crippen molar-refractivity contribution in [3.63, 3.8) is 0 Å². The molecule has 1 saturated heterocycles. The van der Waals surface area contributed by atoms with Crippen molar-refractivity contribution in [2.75, 3.05) is 13.6 Å². The Labute approximate surface area is 112 Å². The Morgan fingerprint density at radius 1 is 1.11 bits per heavy atom. The topological polar surface area (TPSA) is 83.7 Å². The lowest BCUT2D eigenvalue weighted by molar-refractivity contribution is -0.150. The largest absolute Gasteiger partial charge is 0.333 e. The van der Waals surface area contributed by atoms with Crippen LogP contribution < -0.4 is 5.73 Å². The summed E-state index contributed by atoms with van der Waals surface area (Å²) in [7, 11) is 1.44. The lowest BCUT2D eigenvalue weighted by atomic mass is 9.91. The average Bonchev–Trinajstić information content (AvgIpc) is 2.43. The van der Waals surface area contributed by atoms with Crippen molar-refractivity contribution in [2.24, 2.45) is 11.7 Å². The van der Waals surface area contributed by atoms with Gasteiger partial charge in [-0.1, -0.05) is 19.3 Å². The zero-order valence-corrected chi connectivity index (χ0v) is 11.3. The predicted octanol–water partition coefficient (Wildman–Crippen LogP) is 0.705. The second-order valence-corrected chi connectivity index (χ2v) is 5.31. The first-order chi connectivity index (χ1) is 9.07. The van der Waals surface area contributed by atoms with Gasteiger partial charge in [0.1, 0.15) is 5.92 Å². The molecule has 1 unspecified atom stereocenters. The molecule has 2 rings (SSSR count). The minimum Gasteiger partial charge on any atom is -0.330 e. The molecule has 2 fully saturated rings. The first kappa shape index (κ1) is 14.0. The number of amides is 4. The maximum atomic E-state index is 12.4. The molecule has 0 bridgehead atoms. The maximum Gasteiger partial charge on any atom is 0.333 e. The van der Waals surface area contributed by atoms with E-state index in [0.717, 1.165) is 37.0 Å². The number of hydrogen-bond acceptors (Lipinski definition) is 4. The van der Waals surface area contributed by atoms with E-state index in [1.807, 2.05) is 0 Å². The number of hydrogen-bond donors (Lipinski definition) is 1. The fraction of sp³-hybridized carbons (Fsp3) is 0.769. The van der Waals surface area contributed by atoms with Crippen LogP contribution in [-0.4, -0.2) is 47.3 Å². The highest BCUT2D eigenvalue weighted by atomic mass is 16.2. The Kier molecular flexibility index (Phi) is 4.19. The van der Waals surface area contributed by atoms with E-state index < -0.39 is 17.9 Å². The molecular formula is C13H21N3O3. The molecule has 1 atom stereocenters. The van der Waals surface area contributed by atoms with Crippen LogP contribution in [0.5, 0.6) is 0 Å². The number of imide groups is 2. The van der Waals surface area contributed by atoms with Crippen LogP contribution in [0.3, 0.4) is 0 Å². The number of carbonyl (C=O) groups excluding carboxylic acids is 3. The van der Waals surface area contributed by atoms with E-state index in [9.17, 15) is 14.4 Å². The van der Waals surface area contributed by atoms with Gasteiger partial charge in [0, 0.05) is 13.1 Å². The molecule has 0 aromatic rings. The number of nitrogens with two attached hydrogens (primary N) is 1. The van der Waals surface area contributed by atoms with Gasteiger partial charge in [-0.25, -0.2) is 4.79 Å². The molecule has 6 nitrogen and oxygen atoms in total. The van der Waals surface area contributed by atoms with Crippen LogP contribution in [0.4, 0.5) is 4.79 Å². The predicted molar refractivity (Wildman–Crippen MR) is 69.0 cm³/mol. The lowest BCUT2D eigenvalue weighted by Crippen LogP contribution is -2.61. The summed E-state index contributed by atoms with van der Waals surface area (Å²) in [6, 6.07) is -0.528. The van der Waals surface area contributed by atoms with Crippen LogP contribution in [0.15, 0.2) is 0 Å². The summed E-state index contributed by atoms with van der Waals surface area (Å²) in [6.45, 7) is 0.267. The minimum atomic E-state index is -0.783. The van der Waals surface area contributed by atoms with Crippen molar-refractivity contribution in [3.05, 3.63) is 0 Å². The van der Waals surface area contributed by atoms with E-state index in [1.54, 1.807) is 0 Å². The summed E-state index contributed by atoms with van der Waals surface area (Å²) in [5, 5.41) is 0. The van der Waals surface area contributed by atoms with Crippen LogP contribution in [-0.2, 0) is 9.59 Å². The number of rotatable bonds is 3. The van der Waals surface area contributed by atoms with Gasteiger partial charge in [0.2, 0.25) is 11.8 Å². The van der Waals surface area contributed by atoms with E-state index in [-0.39, 0.29) is 18.5 Å². The second kappa shape index (κ2) is 5.69. The van der Waals surface area contributed by atoms with Gasteiger partial charge in [-0.3, -0.25) is 19.4 Å². The fourth-order valence-corrected chi connectivity index (χ4v) is 2.95. The van der Waals surface area contributed by atoms with Gasteiger partial charge in [0.05, 0.1) is 0 Å². The van der Waals surface area contributed by atoms with Crippen LogP contribution in [0.25, 0.3) is 0 Å². The van der Waals surface area contributed by atoms with E-state index >= 15 is 0 Å². The molecule has 1 aliphatic carbocycles. The molecule has 19 heavy (non-hydrogen) atoms. The number of nitrogens with zero attached hydrogens (tertiary/aromatic N) is 2. The molecule has 106 valence electrons. The van der Waals surface area contributed by atoms with Gasteiger partial charge in [-0.2, -0.15) is 0 Å². The van der Waals surface area contributed by atoms with E-state index in [0.29, 0.717) is 6.42 Å². The van der Waals surface area contributed by atoms with E-state index in [4.69, 9.17) is 5.73 Å². The quantitative estimate of drug-likeness (QED) is 0.763. The zero-order valence-electron chi connectivity index (χ0n) is 11.3. The molecule has 6 heteroatoms. The Morgan fingerprint density at radius 3 is 2.32 bits per heavy atom. The molecular weight excluding hydrogens is 246 g/mol. The van der Waals surface area contributed by atoms with Crippen LogP contribution in [0, 0.1) is 5.92 Å². The standard InChI is InChI=1S/C13H21N3O3/c1-15-11(17)10(7-8-14)12(18)16(13(15)19)9-5-3-2-4-6-9/h9-10H,2-8,14H2,1H3. The normalized spacial score (nSPS) is 26.2. The first-order valence-electron chi connectivity index (χ1n) is 6.92. The van der Waals surface area contributed by atoms with Crippen LogP contribution in [0.1, 0.15) is 38.5 Å². The highest BCUT2D eigenvalue weighted by molar-refractivity contribution is 6.16. The lowest BCUT2D eigenvalue weighted by Gasteiger charge is -2.40. The average molecular weight is 267 g/mol. The second-order valence-electron chi connectivity index (χ2n) is 5.31. The van der Waals surface area contributed by atoms with Crippen molar-refractivity contribution in [3.8, 4) is 0 Å². The SMILES string of the molecule is CN1C(=O)C(CCN)C(=O)N(C2CCCCC2)C1=O. The summed E-state index contributed by atoms with van der Waals surface area (Å²) < 4.78 is 0. The highest BCUT2D eigenvalue weighted by Gasteiger charge is 2.46. The molecule has 2 N–H and O–H groups in total. The number of carbonyl (C=O) groups is 3. The van der Waals surface area contributed by atoms with Gasteiger partial charge in [0.25, 0.3) is 0 Å². The summed E-state index contributed by atoms with van der Waals surface area (Å²) in [5.74, 6) is -1.56. The van der Waals surface area contributed by atoms with Crippen molar-refractivity contribution in [1.29, 1.82) is 0 Å². The minimum absolute atomic E-state index is 0.0513. The van der Waals surface area contributed by atoms with Gasteiger partial charge < -0.3 is 5.73 Å². The number of barbiturate groups is 1. The van der Waals surface area contributed by atoms with Gasteiger partial charge in [0.15, 0.2) is 0 Å².